The molecule has 202 valence electrons. The minimum absolute atomic E-state index is 0.0106. The molecule has 9 heteroatoms. The number of methoxy groups -OCH3 is 1. The first kappa shape index (κ1) is 25.0. The molecule has 6 rings (SSSR count). The maximum Gasteiger partial charge on any atom is 0.270 e. The molecule has 3 heterocycles. The topological polar surface area (TPSA) is 121 Å². The lowest BCUT2D eigenvalue weighted by Gasteiger charge is -2.21. The van der Waals surface area contributed by atoms with Crippen molar-refractivity contribution in [2.75, 3.05) is 20.2 Å². The van der Waals surface area contributed by atoms with E-state index in [0.717, 1.165) is 29.7 Å². The van der Waals surface area contributed by atoms with Gasteiger partial charge in [-0.15, -0.1) is 0 Å². The molecule has 0 spiro atoms. The molecular weight excluding hydrogens is 498 g/mol. The highest BCUT2D eigenvalue weighted by Gasteiger charge is 2.39. The van der Waals surface area contributed by atoms with E-state index in [9.17, 15) is 19.5 Å². The number of benzene rings is 2. The number of carbonyl (C=O) groups is 3. The minimum Gasteiger partial charge on any atom is -0.504 e. The number of H-pyrrole nitrogens is 1. The smallest absolute Gasteiger partial charge is 0.270 e. The molecule has 2 aliphatic heterocycles. The van der Waals surface area contributed by atoms with E-state index in [1.807, 2.05) is 19.1 Å². The number of ether oxygens (including phenoxy) is 2. The molecule has 9 nitrogen and oxygen atoms in total. The van der Waals surface area contributed by atoms with Crippen molar-refractivity contribution in [3.63, 3.8) is 0 Å². The van der Waals surface area contributed by atoms with Crippen molar-refractivity contribution >= 4 is 17.6 Å². The second-order valence-electron chi connectivity index (χ2n) is 10.6. The van der Waals surface area contributed by atoms with Crippen molar-refractivity contribution in [2.24, 2.45) is 0 Å². The molecule has 2 aromatic carbocycles. The van der Waals surface area contributed by atoms with Crippen molar-refractivity contribution in [1.29, 1.82) is 0 Å². The monoisotopic (exact) mass is 529 g/mol. The van der Waals surface area contributed by atoms with Gasteiger partial charge in [0.05, 0.1) is 13.2 Å². The normalized spacial score (nSPS) is 20.5. The first-order valence-electron chi connectivity index (χ1n) is 13.3. The number of phenolic OH excluding ortho intramolecular Hbond substituents is 1. The van der Waals surface area contributed by atoms with Crippen molar-refractivity contribution in [1.82, 2.24) is 15.2 Å². The second kappa shape index (κ2) is 9.80. The third kappa shape index (κ3) is 4.51. The Morgan fingerprint density at radius 3 is 2.69 bits per heavy atom. The molecule has 2 atom stereocenters. The van der Waals surface area contributed by atoms with Crippen LogP contribution < -0.4 is 14.8 Å². The predicted octanol–water partition coefficient (Wildman–Crippen LogP) is 4.02. The van der Waals surface area contributed by atoms with Gasteiger partial charge in [0.25, 0.3) is 5.91 Å². The molecule has 2 amide bonds. The molecule has 3 aromatic rings. The maximum atomic E-state index is 13.8. The zero-order valence-electron chi connectivity index (χ0n) is 22.0. The number of carbonyl (C=O) groups excluding carboxylic acids is 3. The number of aromatic nitrogens is 1. The largest absolute Gasteiger partial charge is 0.504 e. The first-order valence-corrected chi connectivity index (χ1v) is 13.3. The summed E-state index contributed by atoms with van der Waals surface area (Å²) in [4.78, 5) is 44.3. The van der Waals surface area contributed by atoms with Gasteiger partial charge in [-0.1, -0.05) is 12.1 Å². The van der Waals surface area contributed by atoms with E-state index in [1.165, 1.54) is 0 Å². The van der Waals surface area contributed by atoms with Crippen molar-refractivity contribution in [3.8, 4) is 23.0 Å². The summed E-state index contributed by atoms with van der Waals surface area (Å²) in [6.07, 6.45) is 2.76. The first-order chi connectivity index (χ1) is 18.8. The van der Waals surface area contributed by atoms with Crippen LogP contribution in [0.4, 0.5) is 0 Å². The van der Waals surface area contributed by atoms with E-state index in [0.29, 0.717) is 54.3 Å². The highest BCUT2D eigenvalue weighted by atomic mass is 16.5. The molecule has 0 unspecified atom stereocenters. The van der Waals surface area contributed by atoms with Crippen LogP contribution in [0.5, 0.6) is 23.0 Å². The maximum absolute atomic E-state index is 13.8. The highest BCUT2D eigenvalue weighted by Crippen LogP contribution is 2.40. The summed E-state index contributed by atoms with van der Waals surface area (Å²) in [7, 11) is 1.55. The Morgan fingerprint density at radius 2 is 1.90 bits per heavy atom. The molecule has 1 fully saturated rings. The van der Waals surface area contributed by atoms with Crippen LogP contribution in [0.2, 0.25) is 0 Å². The van der Waals surface area contributed by atoms with Gasteiger partial charge >= 0.3 is 0 Å². The van der Waals surface area contributed by atoms with Gasteiger partial charge in [-0.3, -0.25) is 14.4 Å². The van der Waals surface area contributed by atoms with E-state index in [2.05, 4.69) is 10.3 Å². The number of nitrogens with zero attached hydrogens (tertiary/aromatic N) is 1. The second-order valence-corrected chi connectivity index (χ2v) is 10.6. The number of aromatic hydroxyl groups is 1. The summed E-state index contributed by atoms with van der Waals surface area (Å²) in [5.41, 5.74) is 4.37. The zero-order chi connectivity index (χ0) is 27.3. The number of aromatic amines is 1. The fourth-order valence-electron chi connectivity index (χ4n) is 6.05. The van der Waals surface area contributed by atoms with Gasteiger partial charge in [0.2, 0.25) is 5.91 Å². The van der Waals surface area contributed by atoms with E-state index >= 15 is 0 Å². The molecule has 3 N–H and O–H groups in total. The number of hydrogen-bond donors (Lipinski definition) is 3. The van der Waals surface area contributed by atoms with Crippen LogP contribution in [0.3, 0.4) is 0 Å². The van der Waals surface area contributed by atoms with Gasteiger partial charge in [-0.2, -0.15) is 0 Å². The Morgan fingerprint density at radius 1 is 1.05 bits per heavy atom. The van der Waals surface area contributed by atoms with Crippen LogP contribution in [0.25, 0.3) is 0 Å². The summed E-state index contributed by atoms with van der Waals surface area (Å²) in [6.45, 7) is 2.54. The van der Waals surface area contributed by atoms with E-state index < -0.39 is 0 Å². The lowest BCUT2D eigenvalue weighted by molar-refractivity contribution is -0.121. The predicted molar refractivity (Wildman–Crippen MR) is 143 cm³/mol. The molecule has 1 aromatic heterocycles. The minimum atomic E-state index is -0.313. The van der Waals surface area contributed by atoms with Crippen LogP contribution >= 0.6 is 0 Å². The third-order valence-electron chi connectivity index (χ3n) is 8.11. The number of hydrogen-bond acceptors (Lipinski definition) is 6. The van der Waals surface area contributed by atoms with Gasteiger partial charge in [0, 0.05) is 43.1 Å². The van der Waals surface area contributed by atoms with Crippen molar-refractivity contribution in [2.45, 2.75) is 51.0 Å². The lowest BCUT2D eigenvalue weighted by atomic mass is 9.93. The molecule has 39 heavy (non-hydrogen) atoms. The number of Topliss-reactive ketones (excluding diaryl/α,β-unsaturated/α-hetero) is 1. The fourth-order valence-corrected chi connectivity index (χ4v) is 6.05. The number of nitrogens with one attached hydrogen (secondary N) is 2. The Kier molecular flexibility index (Phi) is 6.29. The highest BCUT2D eigenvalue weighted by molar-refractivity contribution is 6.04. The van der Waals surface area contributed by atoms with Crippen LogP contribution in [-0.4, -0.2) is 58.8 Å². The Balaban J connectivity index is 1.36. The number of fused-ring (bicyclic) bond motifs is 7. The van der Waals surface area contributed by atoms with Crippen LogP contribution in [-0.2, 0) is 17.6 Å². The Bertz CT molecular complexity index is 1490. The molecule has 1 saturated heterocycles. The number of likely N-dealkylation sites (tertiary alicyclic amines) is 1. The quantitative estimate of drug-likeness (QED) is 0.461. The summed E-state index contributed by atoms with van der Waals surface area (Å²) >= 11 is 0. The summed E-state index contributed by atoms with van der Waals surface area (Å²) in [6, 6.07) is 10.3. The zero-order valence-corrected chi connectivity index (χ0v) is 22.0. The number of phenols is 1. The number of amides is 2. The van der Waals surface area contributed by atoms with Crippen LogP contribution in [0.15, 0.2) is 36.4 Å². The van der Waals surface area contributed by atoms with Gasteiger partial charge in [-0.05, 0) is 67.1 Å². The van der Waals surface area contributed by atoms with Gasteiger partial charge in [-0.25, -0.2) is 0 Å². The van der Waals surface area contributed by atoms with E-state index in [-0.39, 0.29) is 47.5 Å². The Labute approximate surface area is 226 Å². The van der Waals surface area contributed by atoms with Gasteiger partial charge < -0.3 is 29.8 Å². The molecule has 4 bridgehead atoms. The number of ketones is 1. The van der Waals surface area contributed by atoms with Crippen LogP contribution in [0, 0.1) is 6.92 Å². The SMILES string of the molecule is COc1ccc2cc1Oc1cc(ccc1O)CCC(=O)N[C@@H]1CN(C(=O)c3[nH]c4c(c3C)C(=O)CCC4)C[C@@H]21. The summed E-state index contributed by atoms with van der Waals surface area (Å²) in [5.74, 6) is 0.797. The average Bonchev–Trinajstić information content (AvgIpc) is 3.50. The summed E-state index contributed by atoms with van der Waals surface area (Å²) < 4.78 is 11.6. The standard InChI is InChI=1S/C30H31N3O6/c1-16-28-20(4-3-5-23(28)35)32-29(16)30(37)33-14-19-18-8-10-24(38-2)26(13-18)39-25-12-17(6-9-22(25)34)7-11-27(36)31-21(19)15-33/h6,8-10,12-13,19,21,32,34H,3-5,7,11,14-15H2,1-2H3,(H,31,36)/t19-,21+/m0/s1. The molecule has 1 aliphatic carbocycles. The number of rotatable bonds is 2. The fraction of sp³-hybridized carbons (Fsp3) is 0.367. The lowest BCUT2D eigenvalue weighted by Crippen LogP contribution is -2.40. The summed E-state index contributed by atoms with van der Waals surface area (Å²) in [5, 5.41) is 13.6. The number of aryl methyl sites for hydroxylation is 2. The molecule has 0 saturated carbocycles. The van der Waals surface area contributed by atoms with Crippen molar-refractivity contribution < 1.29 is 29.0 Å². The third-order valence-corrected chi connectivity index (χ3v) is 8.11. The molecule has 3 aliphatic rings. The molecular formula is C30H31N3O6. The van der Waals surface area contributed by atoms with E-state index in [1.54, 1.807) is 36.3 Å². The molecule has 0 radical (unpaired) electrons. The average molecular weight is 530 g/mol. The van der Waals surface area contributed by atoms with E-state index in [4.69, 9.17) is 9.47 Å². The van der Waals surface area contributed by atoms with Crippen LogP contribution in [0.1, 0.15) is 68.4 Å². The Hall–Kier alpha value is -4.27. The van der Waals surface area contributed by atoms with Gasteiger partial charge in [0.1, 0.15) is 5.69 Å². The van der Waals surface area contributed by atoms with Gasteiger partial charge in [0.15, 0.2) is 28.8 Å². The van der Waals surface area contributed by atoms with Crippen molar-refractivity contribution in [3.05, 3.63) is 70.0 Å².